The first-order valence-electron chi connectivity index (χ1n) is 9.32. The van der Waals surface area contributed by atoms with E-state index in [-0.39, 0.29) is 0 Å². The third-order valence-electron chi connectivity index (χ3n) is 4.93. The highest BCUT2D eigenvalue weighted by molar-refractivity contribution is 6.30. The average Bonchev–Trinajstić information content (AvgIpc) is 2.63. The van der Waals surface area contributed by atoms with E-state index in [0.29, 0.717) is 6.04 Å². The molecule has 1 aromatic carbocycles. The summed E-state index contributed by atoms with van der Waals surface area (Å²) in [6, 6.07) is 10.4. The van der Waals surface area contributed by atoms with Crippen LogP contribution in [0.15, 0.2) is 36.5 Å². The first-order valence-corrected chi connectivity index (χ1v) is 9.70. The van der Waals surface area contributed by atoms with Gasteiger partial charge in [-0.25, -0.2) is 4.98 Å². The van der Waals surface area contributed by atoms with Crippen molar-refractivity contribution in [2.24, 2.45) is 5.92 Å². The minimum absolute atomic E-state index is 0.469. The van der Waals surface area contributed by atoms with Crippen LogP contribution in [-0.2, 0) is 6.54 Å². The molecule has 0 amide bonds. The van der Waals surface area contributed by atoms with E-state index < -0.39 is 0 Å². The van der Waals surface area contributed by atoms with Crippen molar-refractivity contribution in [2.45, 2.75) is 38.3 Å². The van der Waals surface area contributed by atoms with Crippen LogP contribution in [0.25, 0.3) is 0 Å². The van der Waals surface area contributed by atoms with Gasteiger partial charge < -0.3 is 15.5 Å². The van der Waals surface area contributed by atoms with Crippen molar-refractivity contribution in [1.82, 2.24) is 15.3 Å². The molecule has 0 bridgehead atoms. The minimum atomic E-state index is 0.469. The molecule has 1 aliphatic carbocycles. The number of anilines is 2. The molecule has 0 radical (unpaired) electrons. The molecule has 1 fully saturated rings. The zero-order valence-corrected chi connectivity index (χ0v) is 16.3. The Morgan fingerprint density at radius 1 is 1.15 bits per heavy atom. The maximum Gasteiger partial charge on any atom is 0.224 e. The predicted octanol–water partition coefficient (Wildman–Crippen LogP) is 3.96. The van der Waals surface area contributed by atoms with E-state index in [0.717, 1.165) is 35.8 Å². The highest BCUT2D eigenvalue weighted by Crippen LogP contribution is 2.26. The molecule has 1 saturated carbocycles. The van der Waals surface area contributed by atoms with Crippen molar-refractivity contribution in [3.8, 4) is 0 Å². The Morgan fingerprint density at radius 3 is 2.69 bits per heavy atom. The zero-order valence-electron chi connectivity index (χ0n) is 15.6. The molecule has 1 heterocycles. The van der Waals surface area contributed by atoms with Gasteiger partial charge in [0.1, 0.15) is 5.82 Å². The fraction of sp³-hybridized carbons (Fsp3) is 0.500. The second-order valence-corrected chi connectivity index (χ2v) is 7.69. The standard InChI is InChI=1S/C20H28ClN5/c1-26(2)19-10-11-23-20(25-19)24-18-8-6-15(7-9-18)13-22-14-16-4-3-5-17(21)12-16/h3-5,10-12,15,18,22H,6-9,13-14H2,1-2H3,(H,23,24,25)/t15-,18+. The van der Waals surface area contributed by atoms with Gasteiger partial charge in [0, 0.05) is 37.9 Å². The van der Waals surface area contributed by atoms with Crippen LogP contribution < -0.4 is 15.5 Å². The molecule has 2 aromatic rings. The van der Waals surface area contributed by atoms with Gasteiger partial charge in [-0.2, -0.15) is 4.98 Å². The van der Waals surface area contributed by atoms with Gasteiger partial charge in [0.05, 0.1) is 0 Å². The monoisotopic (exact) mass is 373 g/mol. The van der Waals surface area contributed by atoms with Crippen molar-refractivity contribution in [3.63, 3.8) is 0 Å². The van der Waals surface area contributed by atoms with E-state index in [1.54, 1.807) is 0 Å². The number of hydrogen-bond donors (Lipinski definition) is 2. The number of halogens is 1. The number of aromatic nitrogens is 2. The lowest BCUT2D eigenvalue weighted by molar-refractivity contribution is 0.324. The molecule has 0 spiro atoms. The molecule has 0 atom stereocenters. The van der Waals surface area contributed by atoms with Crippen LogP contribution in [-0.4, -0.2) is 36.6 Å². The Morgan fingerprint density at radius 2 is 1.96 bits per heavy atom. The summed E-state index contributed by atoms with van der Waals surface area (Å²) >= 11 is 6.03. The molecular weight excluding hydrogens is 346 g/mol. The van der Waals surface area contributed by atoms with E-state index in [1.165, 1.54) is 31.2 Å². The number of rotatable bonds is 7. The lowest BCUT2D eigenvalue weighted by atomic mass is 9.86. The van der Waals surface area contributed by atoms with E-state index in [9.17, 15) is 0 Å². The van der Waals surface area contributed by atoms with Gasteiger partial charge in [0.15, 0.2) is 0 Å². The number of benzene rings is 1. The summed E-state index contributed by atoms with van der Waals surface area (Å²) in [6.45, 7) is 1.94. The summed E-state index contributed by atoms with van der Waals surface area (Å²) in [4.78, 5) is 10.9. The maximum absolute atomic E-state index is 6.03. The van der Waals surface area contributed by atoms with Crippen molar-refractivity contribution in [1.29, 1.82) is 0 Å². The molecule has 140 valence electrons. The first-order chi connectivity index (χ1) is 12.6. The lowest BCUT2D eigenvalue weighted by Crippen LogP contribution is -2.31. The van der Waals surface area contributed by atoms with Crippen LogP contribution in [0.4, 0.5) is 11.8 Å². The molecule has 0 unspecified atom stereocenters. The van der Waals surface area contributed by atoms with Gasteiger partial charge in [-0.3, -0.25) is 0 Å². The third-order valence-corrected chi connectivity index (χ3v) is 5.17. The van der Waals surface area contributed by atoms with Crippen LogP contribution in [0.3, 0.4) is 0 Å². The number of nitrogens with one attached hydrogen (secondary N) is 2. The van der Waals surface area contributed by atoms with Crippen LogP contribution in [0, 0.1) is 5.92 Å². The quantitative estimate of drug-likeness (QED) is 0.769. The Kier molecular flexibility index (Phi) is 6.69. The third kappa shape index (κ3) is 5.58. The Hall–Kier alpha value is -1.85. The fourth-order valence-corrected chi connectivity index (χ4v) is 3.64. The molecule has 0 saturated heterocycles. The van der Waals surface area contributed by atoms with Crippen molar-refractivity contribution in [3.05, 3.63) is 47.1 Å². The molecule has 2 N–H and O–H groups in total. The molecule has 1 aromatic heterocycles. The lowest BCUT2D eigenvalue weighted by Gasteiger charge is -2.29. The Balaban J connectivity index is 1.39. The van der Waals surface area contributed by atoms with E-state index in [4.69, 9.17) is 11.6 Å². The number of hydrogen-bond acceptors (Lipinski definition) is 5. The topological polar surface area (TPSA) is 53.1 Å². The number of nitrogens with zero attached hydrogens (tertiary/aromatic N) is 3. The largest absolute Gasteiger partial charge is 0.363 e. The second-order valence-electron chi connectivity index (χ2n) is 7.26. The average molecular weight is 374 g/mol. The van der Waals surface area contributed by atoms with Gasteiger partial charge >= 0.3 is 0 Å². The van der Waals surface area contributed by atoms with Crippen LogP contribution in [0.5, 0.6) is 0 Å². The first kappa shape index (κ1) is 18.9. The van der Waals surface area contributed by atoms with Gasteiger partial charge in [-0.15, -0.1) is 0 Å². The van der Waals surface area contributed by atoms with Gasteiger partial charge in [0.2, 0.25) is 5.95 Å². The summed E-state index contributed by atoms with van der Waals surface area (Å²) < 4.78 is 0. The van der Waals surface area contributed by atoms with Crippen LogP contribution in [0.1, 0.15) is 31.2 Å². The summed E-state index contributed by atoms with van der Waals surface area (Å²) in [5, 5.41) is 7.88. The van der Waals surface area contributed by atoms with Gasteiger partial charge in [0.25, 0.3) is 0 Å². The highest BCUT2D eigenvalue weighted by Gasteiger charge is 2.21. The summed E-state index contributed by atoms with van der Waals surface area (Å²) in [5.41, 5.74) is 1.24. The van der Waals surface area contributed by atoms with E-state index >= 15 is 0 Å². The normalized spacial score (nSPS) is 20.0. The zero-order chi connectivity index (χ0) is 18.4. The van der Waals surface area contributed by atoms with E-state index in [1.807, 2.05) is 49.5 Å². The Labute approximate surface area is 161 Å². The summed E-state index contributed by atoms with van der Waals surface area (Å²) in [7, 11) is 3.99. The fourth-order valence-electron chi connectivity index (χ4n) is 3.43. The molecule has 1 aliphatic rings. The SMILES string of the molecule is CN(C)c1ccnc(N[C@H]2CC[C@@H](CNCc3cccc(Cl)c3)CC2)n1. The highest BCUT2D eigenvalue weighted by atomic mass is 35.5. The van der Waals surface area contributed by atoms with Crippen LogP contribution in [0.2, 0.25) is 5.02 Å². The second kappa shape index (κ2) is 9.19. The minimum Gasteiger partial charge on any atom is -0.363 e. The maximum atomic E-state index is 6.03. The van der Waals surface area contributed by atoms with E-state index in [2.05, 4.69) is 26.7 Å². The van der Waals surface area contributed by atoms with Crippen molar-refractivity contribution < 1.29 is 0 Å². The van der Waals surface area contributed by atoms with Crippen LogP contribution >= 0.6 is 11.6 Å². The molecule has 6 heteroatoms. The summed E-state index contributed by atoms with van der Waals surface area (Å²) in [6.07, 6.45) is 6.61. The van der Waals surface area contributed by atoms with Crippen molar-refractivity contribution >= 4 is 23.4 Å². The Bertz CT molecular complexity index is 698. The predicted molar refractivity (Wildman–Crippen MR) is 109 cm³/mol. The molecular formula is C20H28ClN5. The molecule has 5 nitrogen and oxygen atoms in total. The smallest absolute Gasteiger partial charge is 0.224 e. The van der Waals surface area contributed by atoms with Gasteiger partial charge in [-0.05, 0) is 61.9 Å². The molecule has 26 heavy (non-hydrogen) atoms. The van der Waals surface area contributed by atoms with Crippen molar-refractivity contribution in [2.75, 3.05) is 30.9 Å². The van der Waals surface area contributed by atoms with Gasteiger partial charge in [-0.1, -0.05) is 23.7 Å². The molecule has 0 aliphatic heterocycles. The molecule has 3 rings (SSSR count). The summed E-state index contributed by atoms with van der Waals surface area (Å²) in [5.74, 6) is 2.40.